The lowest BCUT2D eigenvalue weighted by atomic mass is 9.82. The van der Waals surface area contributed by atoms with Gasteiger partial charge in [-0.05, 0) is 43.2 Å². The molecule has 0 unspecified atom stereocenters. The molecule has 0 N–H and O–H groups in total. The standard InChI is InChI=1S/C23H20F2N6OS/c1-13-2-5-17(31-26-7-8-27-31)20(21(13)25)22(32)29-9-6-14-11-30(18(14)12-29)23-28-16-4-3-15(24)10-19(16)33-23/h2-5,7-8,10,14,18H,6,9,11-12H2,1H3/t14-,18-/m0/s1. The summed E-state index contributed by atoms with van der Waals surface area (Å²) >= 11 is 1.45. The largest absolute Gasteiger partial charge is 0.343 e. The first-order valence-corrected chi connectivity index (χ1v) is 11.6. The van der Waals surface area contributed by atoms with Gasteiger partial charge in [-0.1, -0.05) is 17.4 Å². The van der Waals surface area contributed by atoms with Crippen molar-refractivity contribution in [2.45, 2.75) is 19.4 Å². The van der Waals surface area contributed by atoms with Crippen molar-refractivity contribution in [3.05, 3.63) is 65.5 Å². The number of nitrogens with zero attached hydrogens (tertiary/aromatic N) is 6. The lowest BCUT2D eigenvalue weighted by Gasteiger charge is -2.53. The van der Waals surface area contributed by atoms with Gasteiger partial charge in [0.15, 0.2) is 5.13 Å². The van der Waals surface area contributed by atoms with Gasteiger partial charge in [0.2, 0.25) is 0 Å². The van der Waals surface area contributed by atoms with Gasteiger partial charge in [-0.25, -0.2) is 13.8 Å². The highest BCUT2D eigenvalue weighted by molar-refractivity contribution is 7.22. The van der Waals surface area contributed by atoms with Crippen molar-refractivity contribution in [3.8, 4) is 5.69 Å². The fourth-order valence-corrected chi connectivity index (χ4v) is 5.81. The van der Waals surface area contributed by atoms with Crippen molar-refractivity contribution in [1.82, 2.24) is 24.9 Å². The Morgan fingerprint density at radius 1 is 1.12 bits per heavy atom. The van der Waals surface area contributed by atoms with E-state index in [0.717, 1.165) is 28.3 Å². The number of fused-ring (bicyclic) bond motifs is 2. The third-order valence-electron chi connectivity index (χ3n) is 6.59. The number of halogens is 2. The molecule has 4 aromatic rings. The van der Waals surface area contributed by atoms with Crippen molar-refractivity contribution in [2.75, 3.05) is 24.5 Å². The first-order valence-electron chi connectivity index (χ1n) is 10.8. The number of piperidine rings is 1. The summed E-state index contributed by atoms with van der Waals surface area (Å²) in [5.41, 5.74) is 1.48. The quantitative estimate of drug-likeness (QED) is 0.459. The highest BCUT2D eigenvalue weighted by Gasteiger charge is 2.45. The number of aryl methyl sites for hydroxylation is 1. The molecular weight excluding hydrogens is 446 g/mol. The third-order valence-corrected chi connectivity index (χ3v) is 7.64. The Morgan fingerprint density at radius 2 is 1.94 bits per heavy atom. The van der Waals surface area contributed by atoms with Gasteiger partial charge >= 0.3 is 0 Å². The number of carbonyl (C=O) groups is 1. The number of thiazole rings is 1. The normalized spacial score (nSPS) is 20.1. The van der Waals surface area contributed by atoms with Crippen LogP contribution in [0.25, 0.3) is 15.9 Å². The Kier molecular flexibility index (Phi) is 4.65. The second-order valence-electron chi connectivity index (χ2n) is 8.54. The van der Waals surface area contributed by atoms with E-state index in [-0.39, 0.29) is 23.3 Å². The van der Waals surface area contributed by atoms with E-state index in [2.05, 4.69) is 20.1 Å². The van der Waals surface area contributed by atoms with Crippen LogP contribution >= 0.6 is 11.3 Å². The molecule has 2 atom stereocenters. The molecular formula is C23H20F2N6OS. The van der Waals surface area contributed by atoms with Gasteiger partial charge in [0.1, 0.15) is 22.9 Å². The van der Waals surface area contributed by atoms with Crippen LogP contribution in [0.15, 0.2) is 42.7 Å². The number of aromatic nitrogens is 4. The number of anilines is 1. The predicted molar refractivity (Wildman–Crippen MR) is 121 cm³/mol. The third kappa shape index (κ3) is 3.28. The zero-order valence-electron chi connectivity index (χ0n) is 17.8. The molecule has 6 rings (SSSR count). The van der Waals surface area contributed by atoms with Crippen molar-refractivity contribution in [2.24, 2.45) is 5.92 Å². The number of benzene rings is 2. The van der Waals surface area contributed by atoms with Gasteiger partial charge in [-0.3, -0.25) is 4.79 Å². The summed E-state index contributed by atoms with van der Waals surface area (Å²) in [5, 5.41) is 9.01. The second-order valence-corrected chi connectivity index (χ2v) is 9.55. The maximum absolute atomic E-state index is 15.2. The van der Waals surface area contributed by atoms with Crippen molar-refractivity contribution < 1.29 is 13.6 Å². The van der Waals surface area contributed by atoms with Crippen LogP contribution in [0.3, 0.4) is 0 Å². The minimum Gasteiger partial charge on any atom is -0.343 e. The van der Waals surface area contributed by atoms with Gasteiger partial charge in [0.05, 0.1) is 28.7 Å². The molecule has 1 amide bonds. The van der Waals surface area contributed by atoms with E-state index < -0.39 is 5.82 Å². The summed E-state index contributed by atoms with van der Waals surface area (Å²) in [6.45, 7) is 3.55. The Morgan fingerprint density at radius 3 is 2.76 bits per heavy atom. The molecule has 0 spiro atoms. The molecule has 10 heteroatoms. The average molecular weight is 467 g/mol. The molecule has 2 fully saturated rings. The smallest absolute Gasteiger partial charge is 0.259 e. The maximum atomic E-state index is 15.2. The van der Waals surface area contributed by atoms with E-state index in [1.54, 1.807) is 30.0 Å². The van der Waals surface area contributed by atoms with Crippen LogP contribution in [-0.2, 0) is 0 Å². The van der Waals surface area contributed by atoms with Gasteiger partial charge in [-0.2, -0.15) is 15.0 Å². The van der Waals surface area contributed by atoms with E-state index >= 15 is 4.39 Å². The molecule has 0 aliphatic carbocycles. The topological polar surface area (TPSA) is 67.2 Å². The van der Waals surface area contributed by atoms with Crippen LogP contribution in [0.4, 0.5) is 13.9 Å². The Hall–Kier alpha value is -3.40. The van der Waals surface area contributed by atoms with Gasteiger partial charge in [0.25, 0.3) is 5.91 Å². The highest BCUT2D eigenvalue weighted by Crippen LogP contribution is 2.40. The van der Waals surface area contributed by atoms with Crippen LogP contribution in [0, 0.1) is 24.5 Å². The Bertz CT molecular complexity index is 1370. The molecule has 2 aromatic heterocycles. The van der Waals surface area contributed by atoms with E-state index in [1.807, 2.05) is 0 Å². The second kappa shape index (κ2) is 7.58. The number of carbonyl (C=O) groups excluding carboxylic acids is 1. The van der Waals surface area contributed by atoms with Crippen LogP contribution < -0.4 is 4.90 Å². The van der Waals surface area contributed by atoms with E-state index in [9.17, 15) is 9.18 Å². The fourth-order valence-electron chi connectivity index (χ4n) is 4.75. The first kappa shape index (κ1) is 20.2. The molecule has 2 aliphatic rings. The summed E-state index contributed by atoms with van der Waals surface area (Å²) in [5.74, 6) is -0.737. The molecule has 0 bridgehead atoms. The van der Waals surface area contributed by atoms with Crippen LogP contribution in [0.5, 0.6) is 0 Å². The Labute approximate surface area is 192 Å². The predicted octanol–water partition coefficient (Wildman–Crippen LogP) is 3.81. The molecule has 2 saturated heterocycles. The SMILES string of the molecule is Cc1ccc(-n2nccn2)c(C(=O)N2CC[C@H]3CN(c4nc5ccc(F)cc5s4)[C@H]3C2)c1F. The summed E-state index contributed by atoms with van der Waals surface area (Å²) < 4.78 is 29.6. The lowest BCUT2D eigenvalue weighted by molar-refractivity contribution is 0.0587. The summed E-state index contributed by atoms with van der Waals surface area (Å²) in [7, 11) is 0. The molecule has 0 saturated carbocycles. The van der Waals surface area contributed by atoms with E-state index in [0.29, 0.717) is 30.3 Å². The van der Waals surface area contributed by atoms with Crippen LogP contribution in [0.2, 0.25) is 0 Å². The van der Waals surface area contributed by atoms with Gasteiger partial charge in [-0.15, -0.1) is 0 Å². The molecule has 168 valence electrons. The monoisotopic (exact) mass is 466 g/mol. The molecule has 33 heavy (non-hydrogen) atoms. The van der Waals surface area contributed by atoms with Crippen LogP contribution in [-0.4, -0.2) is 56.5 Å². The minimum atomic E-state index is -0.546. The number of amides is 1. The fraction of sp³-hybridized carbons (Fsp3) is 0.304. The van der Waals surface area contributed by atoms with Gasteiger partial charge < -0.3 is 9.80 Å². The van der Waals surface area contributed by atoms with Crippen LogP contribution in [0.1, 0.15) is 22.3 Å². The maximum Gasteiger partial charge on any atom is 0.259 e. The summed E-state index contributed by atoms with van der Waals surface area (Å²) in [4.78, 5) is 23.4. The molecule has 2 aromatic carbocycles. The van der Waals surface area contributed by atoms with Crippen molar-refractivity contribution >= 4 is 32.6 Å². The minimum absolute atomic E-state index is 0.00835. The Balaban J connectivity index is 1.29. The summed E-state index contributed by atoms with van der Waals surface area (Å²) in [6, 6.07) is 8.00. The zero-order valence-corrected chi connectivity index (χ0v) is 18.6. The number of likely N-dealkylation sites (tertiary alicyclic amines) is 1. The molecule has 4 heterocycles. The van der Waals surface area contributed by atoms with Crippen molar-refractivity contribution in [1.29, 1.82) is 0 Å². The van der Waals surface area contributed by atoms with E-state index in [4.69, 9.17) is 0 Å². The highest BCUT2D eigenvalue weighted by atomic mass is 32.1. The lowest BCUT2D eigenvalue weighted by Crippen LogP contribution is -2.65. The van der Waals surface area contributed by atoms with E-state index in [1.165, 1.54) is 40.7 Å². The number of hydrogen-bond acceptors (Lipinski definition) is 6. The number of hydrogen-bond donors (Lipinski definition) is 0. The molecule has 0 radical (unpaired) electrons. The molecule has 7 nitrogen and oxygen atoms in total. The summed E-state index contributed by atoms with van der Waals surface area (Å²) in [6.07, 6.45) is 3.83. The zero-order chi connectivity index (χ0) is 22.7. The van der Waals surface area contributed by atoms with Gasteiger partial charge in [0, 0.05) is 25.6 Å². The first-order chi connectivity index (χ1) is 16.0. The number of rotatable bonds is 3. The molecule has 2 aliphatic heterocycles. The average Bonchev–Trinajstić information content (AvgIpc) is 3.45. The van der Waals surface area contributed by atoms with Crippen molar-refractivity contribution in [3.63, 3.8) is 0 Å².